The fraction of sp³-hybridized carbons (Fsp3) is 0.108. The van der Waals surface area contributed by atoms with Crippen LogP contribution < -0.4 is 5.22 Å². The molecule has 0 bridgehead atoms. The summed E-state index contributed by atoms with van der Waals surface area (Å²) in [7, 11) is 0. The standard InChI is InChI=1S/C65H44/c1-2-8-52-38-65(37-51(52)7-1)59-35-47(45-13-5-15-49(33-45)53-27-21-43-19-17-39-9-3-11-41-23-31-57(53)63(43)61(39)41)25-29-55(59)56-30-26-48(36-60(56)65)46-14-6-16-50(34-46)54-28-22-44-20-18-40-10-4-12-42-24-32-58(54)64(44)62(40)42/h3,5-11,13-36H,1-2,4,12,37-38H2. The minimum atomic E-state index is -0.0996. The van der Waals surface area contributed by atoms with Gasteiger partial charge in [0.25, 0.3) is 0 Å². The van der Waals surface area contributed by atoms with E-state index in [4.69, 9.17) is 0 Å². The van der Waals surface area contributed by atoms with E-state index in [9.17, 15) is 0 Å². The molecule has 0 saturated heterocycles. The third-order valence-electron chi connectivity index (χ3n) is 16.1. The topological polar surface area (TPSA) is 0 Å². The van der Waals surface area contributed by atoms with Crippen molar-refractivity contribution in [3.8, 4) is 55.6 Å². The molecule has 1 saturated carbocycles. The zero-order valence-corrected chi connectivity index (χ0v) is 36.2. The van der Waals surface area contributed by atoms with Gasteiger partial charge in [-0.2, -0.15) is 0 Å². The smallest absolute Gasteiger partial charge is 0.0296 e. The maximum Gasteiger partial charge on any atom is 0.0296 e. The zero-order valence-electron chi connectivity index (χ0n) is 36.2. The summed E-state index contributed by atoms with van der Waals surface area (Å²) in [5.41, 5.74) is 20.5. The molecule has 11 aromatic rings. The highest BCUT2D eigenvalue weighted by molar-refractivity contribution is 6.25. The fourth-order valence-electron chi connectivity index (χ4n) is 13.1. The predicted octanol–water partition coefficient (Wildman–Crippen LogP) is 16.7. The Morgan fingerprint density at radius 1 is 0.323 bits per heavy atom. The third kappa shape index (κ3) is 5.09. The Balaban J connectivity index is 0.845. The number of hydrogen-bond acceptors (Lipinski definition) is 0. The van der Waals surface area contributed by atoms with Gasteiger partial charge in [0, 0.05) is 5.41 Å². The van der Waals surface area contributed by atoms with Gasteiger partial charge in [-0.15, -0.1) is 0 Å². The highest BCUT2D eigenvalue weighted by atomic mass is 14.5. The summed E-state index contributed by atoms with van der Waals surface area (Å²) in [5.74, 6) is 0. The maximum atomic E-state index is 2.57. The second kappa shape index (κ2) is 13.3. The number of fused-ring (bicyclic) bond motifs is 6. The Hall–Kier alpha value is -7.54. The van der Waals surface area contributed by atoms with E-state index in [-0.39, 0.29) is 5.41 Å². The first kappa shape index (κ1) is 35.9. The lowest BCUT2D eigenvalue weighted by Crippen LogP contribution is -2.21. The lowest BCUT2D eigenvalue weighted by atomic mass is 9.75. The van der Waals surface area contributed by atoms with Gasteiger partial charge >= 0.3 is 0 Å². The Morgan fingerprint density at radius 2 is 0.800 bits per heavy atom. The van der Waals surface area contributed by atoms with Crippen LogP contribution in [0.4, 0.5) is 0 Å². The van der Waals surface area contributed by atoms with E-state index >= 15 is 0 Å². The van der Waals surface area contributed by atoms with Crippen molar-refractivity contribution in [2.24, 2.45) is 0 Å². The van der Waals surface area contributed by atoms with E-state index < -0.39 is 0 Å². The van der Waals surface area contributed by atoms with Crippen molar-refractivity contribution in [3.05, 3.63) is 221 Å². The minimum absolute atomic E-state index is 0.0996. The van der Waals surface area contributed by atoms with Crippen LogP contribution >= 0.6 is 0 Å². The van der Waals surface area contributed by atoms with Crippen LogP contribution in [-0.2, 0) is 11.8 Å². The highest BCUT2D eigenvalue weighted by Crippen LogP contribution is 2.61. The second-order valence-corrected chi connectivity index (χ2v) is 19.4. The molecule has 304 valence electrons. The van der Waals surface area contributed by atoms with Crippen LogP contribution in [0.3, 0.4) is 0 Å². The van der Waals surface area contributed by atoms with Crippen LogP contribution in [0.25, 0.3) is 116 Å². The average molecular weight is 825 g/mol. The normalized spacial score (nSPS) is 15.8. The fourth-order valence-corrected chi connectivity index (χ4v) is 13.1. The van der Waals surface area contributed by atoms with Crippen molar-refractivity contribution in [2.45, 2.75) is 43.9 Å². The van der Waals surface area contributed by atoms with Crippen molar-refractivity contribution >= 4 is 59.9 Å². The van der Waals surface area contributed by atoms with E-state index in [0.29, 0.717) is 0 Å². The predicted molar refractivity (Wildman–Crippen MR) is 276 cm³/mol. The molecular weight excluding hydrogens is 781 g/mol. The summed E-state index contributed by atoms with van der Waals surface area (Å²) in [6.07, 6.45) is 14.2. The lowest BCUT2D eigenvalue weighted by molar-refractivity contribution is 0.575. The van der Waals surface area contributed by atoms with E-state index in [1.807, 2.05) is 0 Å². The molecule has 15 rings (SSSR count). The average Bonchev–Trinajstić information content (AvgIpc) is 3.89. The Bertz CT molecular complexity index is 3960. The van der Waals surface area contributed by atoms with Crippen LogP contribution in [0.1, 0.15) is 48.8 Å². The van der Waals surface area contributed by atoms with Crippen molar-refractivity contribution in [2.75, 3.05) is 0 Å². The largest absolute Gasteiger partial charge is 0.0807 e. The lowest BCUT2D eigenvalue weighted by Gasteiger charge is -2.27. The number of aryl methyl sites for hydroxylation is 1. The van der Waals surface area contributed by atoms with Gasteiger partial charge < -0.3 is 0 Å². The molecule has 0 unspecified atom stereocenters. The van der Waals surface area contributed by atoms with Gasteiger partial charge in [0.05, 0.1) is 0 Å². The summed E-state index contributed by atoms with van der Waals surface area (Å²) in [6.45, 7) is 0. The van der Waals surface area contributed by atoms with Gasteiger partial charge in [-0.1, -0.05) is 170 Å². The second-order valence-electron chi connectivity index (χ2n) is 19.4. The Labute approximate surface area is 378 Å². The van der Waals surface area contributed by atoms with Crippen molar-refractivity contribution in [3.63, 3.8) is 0 Å². The van der Waals surface area contributed by atoms with Crippen LogP contribution in [-0.4, -0.2) is 0 Å². The summed E-state index contributed by atoms with van der Waals surface area (Å²) in [5, 5.41) is 14.9. The SMILES string of the molecule is C1=C2CC3(CC2=CCC1)c1cc(-c2cccc(-c4ccc5ccc6c7c(ccc4c57)CCC=6)c2)ccc1-c1ccc(-c2cccc(-c4ccc5ccc6cccc7ccc4c5c67)c2)cc13. The highest BCUT2D eigenvalue weighted by Gasteiger charge is 2.48. The number of benzene rings is 11. The first-order chi connectivity index (χ1) is 32.1. The molecule has 65 heavy (non-hydrogen) atoms. The molecule has 11 aromatic carbocycles. The number of rotatable bonds is 4. The first-order valence-corrected chi connectivity index (χ1v) is 23.7. The van der Waals surface area contributed by atoms with Gasteiger partial charge in [-0.3, -0.25) is 0 Å². The van der Waals surface area contributed by atoms with E-state index in [1.165, 1.54) is 131 Å². The summed E-state index contributed by atoms with van der Waals surface area (Å²) < 4.78 is 0. The molecular formula is C65H44. The molecule has 0 heterocycles. The molecule has 4 aliphatic rings. The molecule has 0 atom stereocenters. The molecule has 0 amide bonds. The van der Waals surface area contributed by atoms with E-state index in [0.717, 1.165) is 38.5 Å². The molecule has 0 N–H and O–H groups in total. The number of hydrogen-bond donors (Lipinski definition) is 0. The molecule has 4 aliphatic carbocycles. The van der Waals surface area contributed by atoms with Crippen molar-refractivity contribution in [1.29, 1.82) is 0 Å². The minimum Gasteiger partial charge on any atom is -0.0807 e. The van der Waals surface area contributed by atoms with Gasteiger partial charge in [-0.05, 0) is 205 Å². The number of allylic oxidation sites excluding steroid dienone is 4. The van der Waals surface area contributed by atoms with Gasteiger partial charge in [-0.25, -0.2) is 0 Å². The van der Waals surface area contributed by atoms with Gasteiger partial charge in [0.15, 0.2) is 0 Å². The van der Waals surface area contributed by atoms with Crippen LogP contribution in [0.2, 0.25) is 0 Å². The molecule has 1 spiro atoms. The summed E-state index contributed by atoms with van der Waals surface area (Å²) in [4.78, 5) is 0. The van der Waals surface area contributed by atoms with Crippen LogP contribution in [0.15, 0.2) is 199 Å². The molecule has 0 heteroatoms. The molecule has 0 aromatic heterocycles. The zero-order chi connectivity index (χ0) is 42.4. The third-order valence-corrected chi connectivity index (χ3v) is 16.1. The van der Waals surface area contributed by atoms with Crippen molar-refractivity contribution in [1.82, 2.24) is 0 Å². The summed E-state index contributed by atoms with van der Waals surface area (Å²) >= 11 is 0. The Morgan fingerprint density at radius 3 is 1.43 bits per heavy atom. The van der Waals surface area contributed by atoms with Crippen LogP contribution in [0, 0.1) is 0 Å². The van der Waals surface area contributed by atoms with Crippen LogP contribution in [0.5, 0.6) is 0 Å². The quantitative estimate of drug-likeness (QED) is 0.155. The first-order valence-electron chi connectivity index (χ1n) is 23.7. The van der Waals surface area contributed by atoms with Crippen molar-refractivity contribution < 1.29 is 0 Å². The maximum absolute atomic E-state index is 2.57. The molecule has 0 nitrogen and oxygen atoms in total. The molecule has 0 aliphatic heterocycles. The van der Waals surface area contributed by atoms with E-state index in [2.05, 4.69) is 194 Å². The molecule has 1 fully saturated rings. The Kier molecular flexibility index (Phi) is 7.31. The molecule has 0 radical (unpaired) electrons. The van der Waals surface area contributed by atoms with Gasteiger partial charge in [0.2, 0.25) is 0 Å². The van der Waals surface area contributed by atoms with E-state index in [1.54, 1.807) is 11.1 Å². The summed E-state index contributed by atoms with van der Waals surface area (Å²) in [6, 6.07) is 68.0. The van der Waals surface area contributed by atoms with Gasteiger partial charge in [0.1, 0.15) is 0 Å². The monoisotopic (exact) mass is 824 g/mol.